The minimum Gasteiger partial charge on any atom is -0.350 e. The Bertz CT molecular complexity index is 554. The molecule has 1 aliphatic rings. The zero-order valence-corrected chi connectivity index (χ0v) is 13.7. The summed E-state index contributed by atoms with van der Waals surface area (Å²) in [7, 11) is 0. The van der Waals surface area contributed by atoms with Gasteiger partial charge in [-0.2, -0.15) is 0 Å². The van der Waals surface area contributed by atoms with Crippen LogP contribution in [-0.2, 0) is 4.79 Å². The highest BCUT2D eigenvalue weighted by molar-refractivity contribution is 6.31. The first-order valence-corrected chi connectivity index (χ1v) is 7.97. The third-order valence-corrected chi connectivity index (χ3v) is 3.85. The van der Waals surface area contributed by atoms with E-state index < -0.39 is 0 Å². The van der Waals surface area contributed by atoms with Crippen LogP contribution in [0.1, 0.15) is 37.0 Å². The van der Waals surface area contributed by atoms with Crippen LogP contribution >= 0.6 is 11.6 Å². The van der Waals surface area contributed by atoms with Crippen molar-refractivity contribution in [1.29, 1.82) is 0 Å². The summed E-state index contributed by atoms with van der Waals surface area (Å²) in [5, 5.41) is 9.41. The third kappa shape index (κ3) is 4.45. The van der Waals surface area contributed by atoms with E-state index in [0.29, 0.717) is 16.3 Å². The summed E-state index contributed by atoms with van der Waals surface area (Å²) < 4.78 is 0. The van der Waals surface area contributed by atoms with Crippen molar-refractivity contribution in [3.05, 3.63) is 28.8 Å². The van der Waals surface area contributed by atoms with Gasteiger partial charge in [-0.1, -0.05) is 11.6 Å². The Balaban J connectivity index is 2.16. The van der Waals surface area contributed by atoms with Crippen LogP contribution in [0.15, 0.2) is 18.2 Å². The van der Waals surface area contributed by atoms with Crippen molar-refractivity contribution in [2.24, 2.45) is 5.92 Å². The molecule has 1 aliphatic heterocycles. The zero-order valence-electron chi connectivity index (χ0n) is 12.9. The standard InChI is InChI=1S/C16H22ClN3O2/c1-10(2)19-16(22)13-4-3-12(17)9-14(13)20-15(21)11-5-7-18-8-6-11/h3-4,9-11,18H,5-8H2,1-2H3,(H,19,22)(H,20,21). The first-order valence-electron chi connectivity index (χ1n) is 7.59. The van der Waals surface area contributed by atoms with Gasteiger partial charge in [0.1, 0.15) is 0 Å². The number of hydrogen-bond donors (Lipinski definition) is 3. The van der Waals surface area contributed by atoms with Gasteiger partial charge in [-0.15, -0.1) is 0 Å². The van der Waals surface area contributed by atoms with Crippen LogP contribution in [0.25, 0.3) is 0 Å². The molecule has 5 nitrogen and oxygen atoms in total. The second-order valence-corrected chi connectivity index (χ2v) is 6.27. The number of piperidine rings is 1. The number of amides is 2. The molecular formula is C16H22ClN3O2. The Hall–Kier alpha value is -1.59. The van der Waals surface area contributed by atoms with Crippen molar-refractivity contribution in [3.8, 4) is 0 Å². The van der Waals surface area contributed by atoms with Crippen LogP contribution in [0.5, 0.6) is 0 Å². The molecule has 1 fully saturated rings. The average molecular weight is 324 g/mol. The highest BCUT2D eigenvalue weighted by Crippen LogP contribution is 2.23. The average Bonchev–Trinajstić information content (AvgIpc) is 2.47. The van der Waals surface area contributed by atoms with Gasteiger partial charge in [0.25, 0.3) is 5.91 Å². The summed E-state index contributed by atoms with van der Waals surface area (Å²) in [6.07, 6.45) is 1.61. The minimum absolute atomic E-state index is 0.0242. The second-order valence-electron chi connectivity index (χ2n) is 5.83. The van der Waals surface area contributed by atoms with E-state index in [1.807, 2.05) is 13.8 Å². The molecule has 6 heteroatoms. The maximum Gasteiger partial charge on any atom is 0.253 e. The summed E-state index contributed by atoms with van der Waals surface area (Å²) in [4.78, 5) is 24.6. The molecule has 0 aromatic heterocycles. The number of anilines is 1. The quantitative estimate of drug-likeness (QED) is 0.797. The van der Waals surface area contributed by atoms with Gasteiger partial charge in [0.15, 0.2) is 0 Å². The third-order valence-electron chi connectivity index (χ3n) is 3.61. The molecule has 0 radical (unpaired) electrons. The van der Waals surface area contributed by atoms with Crippen LogP contribution in [0, 0.1) is 5.92 Å². The summed E-state index contributed by atoms with van der Waals surface area (Å²) in [5.41, 5.74) is 0.898. The van der Waals surface area contributed by atoms with E-state index in [1.165, 1.54) is 0 Å². The molecule has 1 aromatic carbocycles. The Morgan fingerprint density at radius 2 is 1.95 bits per heavy atom. The molecule has 2 rings (SSSR count). The Kier molecular flexibility index (Phi) is 5.80. The monoisotopic (exact) mass is 323 g/mol. The number of rotatable bonds is 4. The van der Waals surface area contributed by atoms with Gasteiger partial charge >= 0.3 is 0 Å². The number of hydrogen-bond acceptors (Lipinski definition) is 3. The minimum atomic E-state index is -0.215. The fourth-order valence-electron chi connectivity index (χ4n) is 2.48. The SMILES string of the molecule is CC(C)NC(=O)c1ccc(Cl)cc1NC(=O)C1CCNCC1. The fourth-order valence-corrected chi connectivity index (χ4v) is 2.65. The lowest BCUT2D eigenvalue weighted by atomic mass is 9.97. The molecule has 120 valence electrons. The first kappa shape index (κ1) is 16.8. The molecule has 1 heterocycles. The molecule has 0 aliphatic carbocycles. The van der Waals surface area contributed by atoms with Gasteiger partial charge < -0.3 is 16.0 Å². The van der Waals surface area contributed by atoms with Crippen molar-refractivity contribution < 1.29 is 9.59 Å². The van der Waals surface area contributed by atoms with Crippen molar-refractivity contribution in [1.82, 2.24) is 10.6 Å². The molecule has 0 saturated carbocycles. The molecule has 0 atom stereocenters. The lowest BCUT2D eigenvalue weighted by Gasteiger charge is -2.22. The first-order chi connectivity index (χ1) is 10.5. The van der Waals surface area contributed by atoms with Gasteiger partial charge in [-0.05, 0) is 58.0 Å². The van der Waals surface area contributed by atoms with Gasteiger partial charge in [-0.25, -0.2) is 0 Å². The predicted octanol–water partition coefficient (Wildman–Crippen LogP) is 2.42. The number of benzene rings is 1. The molecule has 0 spiro atoms. The van der Waals surface area contributed by atoms with E-state index in [0.717, 1.165) is 25.9 Å². The van der Waals surface area contributed by atoms with Crippen LogP contribution in [0.2, 0.25) is 5.02 Å². The van der Waals surface area contributed by atoms with Crippen LogP contribution in [0.3, 0.4) is 0 Å². The van der Waals surface area contributed by atoms with Crippen molar-refractivity contribution in [3.63, 3.8) is 0 Å². The van der Waals surface area contributed by atoms with Gasteiger partial charge in [0.05, 0.1) is 11.3 Å². The van der Waals surface area contributed by atoms with E-state index in [9.17, 15) is 9.59 Å². The molecule has 0 unspecified atom stereocenters. The number of carbonyl (C=O) groups is 2. The highest BCUT2D eigenvalue weighted by atomic mass is 35.5. The summed E-state index contributed by atoms with van der Waals surface area (Å²) in [6, 6.07) is 4.93. The molecular weight excluding hydrogens is 302 g/mol. The molecule has 0 bridgehead atoms. The Morgan fingerprint density at radius 1 is 1.27 bits per heavy atom. The lowest BCUT2D eigenvalue weighted by Crippen LogP contribution is -2.35. The smallest absolute Gasteiger partial charge is 0.253 e. The largest absolute Gasteiger partial charge is 0.350 e. The van der Waals surface area contributed by atoms with Gasteiger partial charge in [0.2, 0.25) is 5.91 Å². The van der Waals surface area contributed by atoms with Crippen LogP contribution in [0.4, 0.5) is 5.69 Å². The van der Waals surface area contributed by atoms with E-state index in [1.54, 1.807) is 18.2 Å². The normalized spacial score (nSPS) is 15.6. The fraction of sp³-hybridized carbons (Fsp3) is 0.500. The van der Waals surface area contributed by atoms with Crippen LogP contribution in [-0.4, -0.2) is 30.9 Å². The van der Waals surface area contributed by atoms with Gasteiger partial charge in [-0.3, -0.25) is 9.59 Å². The summed E-state index contributed by atoms with van der Waals surface area (Å²) in [5.74, 6) is -0.295. The molecule has 3 N–H and O–H groups in total. The zero-order chi connectivity index (χ0) is 16.1. The topological polar surface area (TPSA) is 70.2 Å². The maximum atomic E-state index is 12.4. The number of carbonyl (C=O) groups excluding carboxylic acids is 2. The molecule has 1 aromatic rings. The second kappa shape index (κ2) is 7.61. The van der Waals surface area contributed by atoms with E-state index in [2.05, 4.69) is 16.0 Å². The van der Waals surface area contributed by atoms with Crippen molar-refractivity contribution in [2.75, 3.05) is 18.4 Å². The van der Waals surface area contributed by atoms with Crippen molar-refractivity contribution >= 4 is 29.1 Å². The lowest BCUT2D eigenvalue weighted by molar-refractivity contribution is -0.120. The Morgan fingerprint density at radius 3 is 2.59 bits per heavy atom. The summed E-state index contributed by atoms with van der Waals surface area (Å²) in [6.45, 7) is 5.46. The summed E-state index contributed by atoms with van der Waals surface area (Å²) >= 11 is 6.00. The highest BCUT2D eigenvalue weighted by Gasteiger charge is 2.22. The molecule has 1 saturated heterocycles. The number of halogens is 1. The molecule has 22 heavy (non-hydrogen) atoms. The maximum absolute atomic E-state index is 12.4. The van der Waals surface area contributed by atoms with Crippen molar-refractivity contribution in [2.45, 2.75) is 32.7 Å². The van der Waals surface area contributed by atoms with E-state index >= 15 is 0 Å². The Labute approximate surface area is 135 Å². The number of nitrogens with one attached hydrogen (secondary N) is 3. The molecule has 2 amide bonds. The van der Waals surface area contributed by atoms with E-state index in [4.69, 9.17) is 11.6 Å². The van der Waals surface area contributed by atoms with Gasteiger partial charge in [0, 0.05) is 17.0 Å². The van der Waals surface area contributed by atoms with E-state index in [-0.39, 0.29) is 23.8 Å². The van der Waals surface area contributed by atoms with Crippen LogP contribution < -0.4 is 16.0 Å². The predicted molar refractivity (Wildman–Crippen MR) is 88.3 cm³/mol.